The van der Waals surface area contributed by atoms with Crippen molar-refractivity contribution in [2.75, 3.05) is 5.32 Å². The van der Waals surface area contributed by atoms with Crippen LogP contribution >= 0.6 is 34.3 Å². The molecule has 0 spiro atoms. The maximum absolute atomic E-state index is 5.89. The summed E-state index contributed by atoms with van der Waals surface area (Å²) in [5.74, 6) is 0. The topological polar surface area (TPSA) is 24.9 Å². The van der Waals surface area contributed by atoms with E-state index in [1.807, 2.05) is 12.1 Å². The second-order valence-corrected chi connectivity index (χ2v) is 6.13. The monoisotopic (exact) mass is 256 g/mol. The van der Waals surface area contributed by atoms with Crippen LogP contribution in [0.1, 0.15) is 12.8 Å². The van der Waals surface area contributed by atoms with Crippen molar-refractivity contribution in [3.63, 3.8) is 0 Å². The van der Waals surface area contributed by atoms with Gasteiger partial charge in [-0.25, -0.2) is 4.98 Å². The highest BCUT2D eigenvalue weighted by molar-refractivity contribution is 7.20. The molecule has 0 atom stereocenters. The number of thiophene rings is 1. The lowest BCUT2D eigenvalue weighted by Gasteiger charge is -1.95. The van der Waals surface area contributed by atoms with Crippen LogP contribution < -0.4 is 5.32 Å². The van der Waals surface area contributed by atoms with Crippen LogP contribution in [-0.4, -0.2) is 11.0 Å². The Bertz CT molecular complexity index is 473. The summed E-state index contributed by atoms with van der Waals surface area (Å²) in [6.45, 7) is 0. The van der Waals surface area contributed by atoms with Crippen molar-refractivity contribution in [3.8, 4) is 10.6 Å². The number of nitrogens with zero attached hydrogens (tertiary/aromatic N) is 1. The normalized spacial score (nSPS) is 15.5. The Kier molecular flexibility index (Phi) is 2.42. The Morgan fingerprint density at radius 3 is 2.93 bits per heavy atom. The highest BCUT2D eigenvalue weighted by Crippen LogP contribution is 2.34. The molecule has 1 saturated carbocycles. The number of hydrogen-bond acceptors (Lipinski definition) is 4. The van der Waals surface area contributed by atoms with Crippen molar-refractivity contribution in [2.24, 2.45) is 0 Å². The number of hydrogen-bond donors (Lipinski definition) is 1. The summed E-state index contributed by atoms with van der Waals surface area (Å²) in [6.07, 6.45) is 2.56. The zero-order valence-corrected chi connectivity index (χ0v) is 10.3. The van der Waals surface area contributed by atoms with E-state index in [0.29, 0.717) is 6.04 Å². The number of rotatable bonds is 3. The minimum absolute atomic E-state index is 0.663. The maximum atomic E-state index is 5.89. The van der Waals surface area contributed by atoms with Gasteiger partial charge in [-0.1, -0.05) is 11.6 Å². The first-order valence-electron chi connectivity index (χ1n) is 4.79. The van der Waals surface area contributed by atoms with Gasteiger partial charge in [0.2, 0.25) is 0 Å². The first-order valence-corrected chi connectivity index (χ1v) is 6.86. The largest absolute Gasteiger partial charge is 0.359 e. The van der Waals surface area contributed by atoms with E-state index in [2.05, 4.69) is 15.7 Å². The smallest absolute Gasteiger partial charge is 0.183 e. The molecule has 0 amide bonds. The Balaban J connectivity index is 1.82. The van der Waals surface area contributed by atoms with Gasteiger partial charge in [0.1, 0.15) is 0 Å². The van der Waals surface area contributed by atoms with Gasteiger partial charge in [-0.2, -0.15) is 0 Å². The third kappa shape index (κ3) is 2.17. The molecular formula is C10H9ClN2S2. The van der Waals surface area contributed by atoms with Gasteiger partial charge in [0.05, 0.1) is 14.9 Å². The van der Waals surface area contributed by atoms with Gasteiger partial charge in [0, 0.05) is 11.4 Å². The van der Waals surface area contributed by atoms with Gasteiger partial charge < -0.3 is 5.32 Å². The summed E-state index contributed by atoms with van der Waals surface area (Å²) in [5.41, 5.74) is 1.03. The van der Waals surface area contributed by atoms with E-state index in [1.165, 1.54) is 12.8 Å². The lowest BCUT2D eigenvalue weighted by molar-refractivity contribution is 1.14. The van der Waals surface area contributed by atoms with Gasteiger partial charge >= 0.3 is 0 Å². The molecule has 2 aromatic rings. The molecule has 2 heterocycles. The lowest BCUT2D eigenvalue weighted by atomic mass is 10.4. The average molecular weight is 257 g/mol. The maximum Gasteiger partial charge on any atom is 0.183 e. The van der Waals surface area contributed by atoms with Crippen molar-refractivity contribution in [1.82, 2.24) is 4.98 Å². The molecule has 2 aromatic heterocycles. The van der Waals surface area contributed by atoms with E-state index in [1.54, 1.807) is 22.7 Å². The summed E-state index contributed by atoms with van der Waals surface area (Å²) in [4.78, 5) is 5.67. The van der Waals surface area contributed by atoms with Crippen LogP contribution in [-0.2, 0) is 0 Å². The molecule has 1 aliphatic rings. The molecule has 1 fully saturated rings. The molecule has 15 heavy (non-hydrogen) atoms. The number of halogens is 1. The predicted octanol–water partition coefficient (Wildman–Crippen LogP) is 4.10. The fourth-order valence-corrected chi connectivity index (χ4v) is 3.17. The van der Waals surface area contributed by atoms with Crippen LogP contribution in [0.15, 0.2) is 17.5 Å². The molecule has 0 unspecified atom stereocenters. The lowest BCUT2D eigenvalue weighted by Crippen LogP contribution is -1.99. The number of thiazole rings is 1. The zero-order valence-electron chi connectivity index (χ0n) is 7.87. The highest BCUT2D eigenvalue weighted by Gasteiger charge is 2.22. The minimum Gasteiger partial charge on any atom is -0.359 e. The van der Waals surface area contributed by atoms with E-state index in [4.69, 9.17) is 11.6 Å². The molecule has 0 aliphatic heterocycles. The summed E-state index contributed by atoms with van der Waals surface area (Å²) in [5, 5.41) is 6.49. The summed E-state index contributed by atoms with van der Waals surface area (Å²) < 4.78 is 0.815. The Hall–Kier alpha value is -0.580. The quantitative estimate of drug-likeness (QED) is 0.894. The second-order valence-electron chi connectivity index (χ2n) is 3.56. The minimum atomic E-state index is 0.663. The van der Waals surface area contributed by atoms with Crippen molar-refractivity contribution >= 4 is 39.4 Å². The van der Waals surface area contributed by atoms with E-state index in [0.717, 1.165) is 20.0 Å². The van der Waals surface area contributed by atoms with Crippen molar-refractivity contribution in [2.45, 2.75) is 18.9 Å². The molecule has 78 valence electrons. The number of nitrogens with one attached hydrogen (secondary N) is 1. The van der Waals surface area contributed by atoms with E-state index < -0.39 is 0 Å². The SMILES string of the molecule is Clc1ccc(-c2csc(NC3CC3)n2)s1. The van der Waals surface area contributed by atoms with E-state index >= 15 is 0 Å². The average Bonchev–Trinajstić information content (AvgIpc) is 2.74. The number of aromatic nitrogens is 1. The third-order valence-electron chi connectivity index (χ3n) is 2.23. The molecule has 0 bridgehead atoms. The standard InChI is InChI=1S/C10H9ClN2S2/c11-9-4-3-8(15-9)7-5-14-10(13-7)12-6-1-2-6/h3-6H,1-2H2,(H,12,13). The third-order valence-corrected chi connectivity index (χ3v) is 4.26. The van der Waals surface area contributed by atoms with Gasteiger partial charge in [0.15, 0.2) is 5.13 Å². The van der Waals surface area contributed by atoms with Gasteiger partial charge in [-0.15, -0.1) is 22.7 Å². The second kappa shape index (κ2) is 3.77. The first-order chi connectivity index (χ1) is 7.31. The Morgan fingerprint density at radius 1 is 1.40 bits per heavy atom. The van der Waals surface area contributed by atoms with Gasteiger partial charge in [0.25, 0.3) is 0 Å². The Labute approximate surface area is 101 Å². The molecule has 2 nitrogen and oxygen atoms in total. The molecule has 5 heteroatoms. The molecule has 1 aliphatic carbocycles. The molecular weight excluding hydrogens is 248 g/mol. The van der Waals surface area contributed by atoms with Crippen LogP contribution in [0.4, 0.5) is 5.13 Å². The molecule has 3 rings (SSSR count). The summed E-state index contributed by atoms with van der Waals surface area (Å²) in [6, 6.07) is 4.59. The summed E-state index contributed by atoms with van der Waals surface area (Å²) >= 11 is 9.12. The fraction of sp³-hybridized carbons (Fsp3) is 0.300. The van der Waals surface area contributed by atoms with Crippen LogP contribution in [0.5, 0.6) is 0 Å². The molecule has 0 aromatic carbocycles. The van der Waals surface area contributed by atoms with Crippen LogP contribution in [0.2, 0.25) is 4.34 Å². The predicted molar refractivity (Wildman–Crippen MR) is 67.1 cm³/mol. The van der Waals surface area contributed by atoms with Crippen LogP contribution in [0.25, 0.3) is 10.6 Å². The van der Waals surface area contributed by atoms with Crippen molar-refractivity contribution in [1.29, 1.82) is 0 Å². The van der Waals surface area contributed by atoms with Crippen LogP contribution in [0.3, 0.4) is 0 Å². The van der Waals surface area contributed by atoms with Crippen molar-refractivity contribution in [3.05, 3.63) is 21.8 Å². The molecule has 0 saturated heterocycles. The highest BCUT2D eigenvalue weighted by atomic mass is 35.5. The van der Waals surface area contributed by atoms with E-state index in [-0.39, 0.29) is 0 Å². The first kappa shape index (κ1) is 9.63. The zero-order chi connectivity index (χ0) is 10.3. The van der Waals surface area contributed by atoms with Gasteiger partial charge in [-0.3, -0.25) is 0 Å². The number of anilines is 1. The van der Waals surface area contributed by atoms with Gasteiger partial charge in [-0.05, 0) is 25.0 Å². The van der Waals surface area contributed by atoms with Crippen LogP contribution in [0, 0.1) is 0 Å². The fourth-order valence-electron chi connectivity index (χ4n) is 1.31. The summed E-state index contributed by atoms with van der Waals surface area (Å²) in [7, 11) is 0. The molecule has 0 radical (unpaired) electrons. The molecule has 1 N–H and O–H groups in total. The Morgan fingerprint density at radius 2 is 2.27 bits per heavy atom. The van der Waals surface area contributed by atoms with E-state index in [9.17, 15) is 0 Å². The van der Waals surface area contributed by atoms with Crippen molar-refractivity contribution < 1.29 is 0 Å².